The number of hydrazine groups is 1. The van der Waals surface area contributed by atoms with Crippen LogP contribution < -0.4 is 0 Å². The van der Waals surface area contributed by atoms with Gasteiger partial charge in [0, 0.05) is 20.2 Å². The number of carbonyl (C=O) groups is 4. The summed E-state index contributed by atoms with van der Waals surface area (Å²) in [6, 6.07) is 11.8. The van der Waals surface area contributed by atoms with Gasteiger partial charge in [-0.2, -0.15) is 5.01 Å². The molecule has 188 valence electrons. The van der Waals surface area contributed by atoms with Gasteiger partial charge in [-0.05, 0) is 42.9 Å². The van der Waals surface area contributed by atoms with Crippen molar-refractivity contribution in [1.29, 1.82) is 0 Å². The summed E-state index contributed by atoms with van der Waals surface area (Å²) in [5, 5.41) is 2.38. The van der Waals surface area contributed by atoms with Crippen molar-refractivity contribution < 1.29 is 19.2 Å². The SMILES string of the molecule is CC[C@H](C(=O)c1ccccc1)N(C(=O)c1ccc(Cl)cc1Cl)N1C(=O)[C@@H]2[C@H]3C[C@@H]([C@H](Br)[C@@H]3Br)[C@@H]2C1=O. The average Bonchev–Trinajstić information content (AvgIpc) is 3.47. The summed E-state index contributed by atoms with van der Waals surface area (Å²) in [5.74, 6) is -3.11. The second-order valence-electron chi connectivity index (χ2n) is 9.42. The number of rotatable bonds is 6. The Morgan fingerprint density at radius 1 is 1.00 bits per heavy atom. The maximum absolute atomic E-state index is 14.0. The van der Waals surface area contributed by atoms with Gasteiger partial charge in [0.15, 0.2) is 5.78 Å². The van der Waals surface area contributed by atoms with Crippen LogP contribution in [0.5, 0.6) is 0 Å². The summed E-state index contributed by atoms with van der Waals surface area (Å²) in [4.78, 5) is 55.4. The molecular formula is C26H22Br2Cl2N2O4. The molecule has 3 amide bonds. The normalized spacial score (nSPS) is 29.4. The van der Waals surface area contributed by atoms with Crippen molar-refractivity contribution in [3.8, 4) is 0 Å². The van der Waals surface area contributed by atoms with Crippen LogP contribution in [0, 0.1) is 23.7 Å². The maximum Gasteiger partial charge on any atom is 0.275 e. The van der Waals surface area contributed by atoms with E-state index in [0.717, 1.165) is 16.4 Å². The van der Waals surface area contributed by atoms with Gasteiger partial charge in [-0.3, -0.25) is 19.2 Å². The van der Waals surface area contributed by atoms with Crippen molar-refractivity contribution in [2.24, 2.45) is 23.7 Å². The van der Waals surface area contributed by atoms with Crippen molar-refractivity contribution in [2.75, 3.05) is 0 Å². The molecule has 1 aliphatic heterocycles. The number of ketones is 1. The van der Waals surface area contributed by atoms with Crippen molar-refractivity contribution >= 4 is 78.6 Å². The average molecular weight is 657 g/mol. The van der Waals surface area contributed by atoms with Crippen LogP contribution in [0.15, 0.2) is 48.5 Å². The minimum atomic E-state index is -1.09. The third-order valence-electron chi connectivity index (χ3n) is 7.59. The van der Waals surface area contributed by atoms with Crippen molar-refractivity contribution in [1.82, 2.24) is 10.0 Å². The fraction of sp³-hybridized carbons (Fsp3) is 0.385. The summed E-state index contributed by atoms with van der Waals surface area (Å²) in [5.41, 5.74) is 0.433. The van der Waals surface area contributed by atoms with Gasteiger partial charge in [-0.15, -0.1) is 0 Å². The zero-order valence-electron chi connectivity index (χ0n) is 19.1. The van der Waals surface area contributed by atoms with Crippen molar-refractivity contribution in [3.05, 3.63) is 69.7 Å². The number of Topliss-reactive ketones (excluding diaryl/α,β-unsaturated/α-hetero) is 1. The molecule has 0 N–H and O–H groups in total. The van der Waals surface area contributed by atoms with Gasteiger partial charge < -0.3 is 0 Å². The third kappa shape index (κ3) is 3.96. The molecule has 2 aromatic carbocycles. The lowest BCUT2D eigenvalue weighted by Gasteiger charge is -2.36. The Balaban J connectivity index is 1.60. The number of imide groups is 1. The van der Waals surface area contributed by atoms with Crippen LogP contribution in [0.1, 0.15) is 40.5 Å². The van der Waals surface area contributed by atoms with Gasteiger partial charge in [0.25, 0.3) is 17.7 Å². The summed E-state index contributed by atoms with van der Waals surface area (Å²) >= 11 is 19.8. The van der Waals surface area contributed by atoms with Gasteiger partial charge in [-0.25, -0.2) is 5.01 Å². The molecule has 2 bridgehead atoms. The monoisotopic (exact) mass is 654 g/mol. The number of fused-ring (bicyclic) bond motifs is 5. The number of benzene rings is 2. The van der Waals surface area contributed by atoms with Gasteiger partial charge in [0.1, 0.15) is 6.04 Å². The molecule has 2 saturated carbocycles. The first-order valence-corrected chi connectivity index (χ1v) is 14.3. The zero-order chi connectivity index (χ0) is 25.9. The minimum absolute atomic E-state index is 0.0354. The molecule has 6 nitrogen and oxygen atoms in total. The number of amides is 3. The van der Waals surface area contributed by atoms with Crippen LogP contribution in [0.4, 0.5) is 0 Å². The molecule has 0 radical (unpaired) electrons. The van der Waals surface area contributed by atoms with Crippen LogP contribution in [-0.4, -0.2) is 49.2 Å². The first-order chi connectivity index (χ1) is 17.2. The van der Waals surface area contributed by atoms with E-state index >= 15 is 0 Å². The molecule has 3 aliphatic rings. The van der Waals surface area contributed by atoms with E-state index in [-0.39, 0.29) is 44.3 Å². The highest BCUT2D eigenvalue weighted by Crippen LogP contribution is 2.60. The summed E-state index contributed by atoms with van der Waals surface area (Å²) in [7, 11) is 0. The number of carbonyl (C=O) groups excluding carboxylic acids is 4. The van der Waals surface area contributed by atoms with E-state index in [1.165, 1.54) is 18.2 Å². The van der Waals surface area contributed by atoms with Crippen LogP contribution >= 0.6 is 55.1 Å². The quantitative estimate of drug-likeness (QED) is 0.224. The number of nitrogens with zero attached hydrogens (tertiary/aromatic N) is 2. The van der Waals surface area contributed by atoms with E-state index < -0.39 is 35.6 Å². The van der Waals surface area contributed by atoms with Gasteiger partial charge in [0.2, 0.25) is 0 Å². The van der Waals surface area contributed by atoms with Crippen molar-refractivity contribution in [3.63, 3.8) is 0 Å². The standard InChI is InChI=1S/C26H22Br2Cl2N2O4/c1-2-18(23(33)12-6-4-3-5-7-12)31(24(34)14-9-8-13(29)10-17(14)30)32-25(35)19-15-11-16(20(19)26(32)36)22(28)21(15)27/h3-10,15-16,18-22H,2,11H2,1H3/t15-,16-,18-,19-,20+,21-,22+/m1/s1. The molecule has 10 heteroatoms. The molecule has 0 spiro atoms. The molecule has 2 aliphatic carbocycles. The van der Waals surface area contributed by atoms with Gasteiger partial charge in [-0.1, -0.05) is 92.3 Å². The maximum atomic E-state index is 14.0. The number of hydrogen-bond donors (Lipinski definition) is 0. The highest BCUT2D eigenvalue weighted by molar-refractivity contribution is 9.12. The zero-order valence-corrected chi connectivity index (χ0v) is 23.8. The molecule has 0 unspecified atom stereocenters. The summed E-state index contributed by atoms with van der Waals surface area (Å²) in [6.45, 7) is 1.74. The Morgan fingerprint density at radius 3 is 2.11 bits per heavy atom. The molecule has 36 heavy (non-hydrogen) atoms. The largest absolute Gasteiger partial charge is 0.292 e. The Labute approximate surface area is 235 Å². The van der Waals surface area contributed by atoms with Gasteiger partial charge >= 0.3 is 0 Å². The molecule has 2 aromatic rings. The second kappa shape index (κ2) is 9.86. The first-order valence-electron chi connectivity index (χ1n) is 11.7. The van der Waals surface area contributed by atoms with E-state index in [9.17, 15) is 19.2 Å². The fourth-order valence-electron chi connectivity index (χ4n) is 5.97. The van der Waals surface area contributed by atoms with E-state index in [2.05, 4.69) is 31.9 Å². The Hall–Kier alpha value is -1.74. The van der Waals surface area contributed by atoms with E-state index in [1.54, 1.807) is 37.3 Å². The second-order valence-corrected chi connectivity index (χ2v) is 12.4. The van der Waals surface area contributed by atoms with E-state index in [1.807, 2.05) is 0 Å². The minimum Gasteiger partial charge on any atom is -0.292 e. The number of alkyl halides is 2. The Kier molecular flexibility index (Phi) is 7.09. The predicted octanol–water partition coefficient (Wildman–Crippen LogP) is 5.79. The lowest BCUT2D eigenvalue weighted by atomic mass is 9.81. The molecule has 5 rings (SSSR count). The third-order valence-corrected chi connectivity index (χ3v) is 11.3. The lowest BCUT2D eigenvalue weighted by molar-refractivity contribution is -0.157. The number of hydrogen-bond acceptors (Lipinski definition) is 4. The van der Waals surface area contributed by atoms with E-state index in [0.29, 0.717) is 10.6 Å². The fourth-order valence-corrected chi connectivity index (χ4v) is 8.33. The smallest absolute Gasteiger partial charge is 0.275 e. The van der Waals surface area contributed by atoms with Crippen LogP contribution in [0.25, 0.3) is 0 Å². The molecule has 3 fully saturated rings. The van der Waals surface area contributed by atoms with E-state index in [4.69, 9.17) is 23.2 Å². The van der Waals surface area contributed by atoms with Crippen LogP contribution in [0.2, 0.25) is 10.0 Å². The van der Waals surface area contributed by atoms with Gasteiger partial charge in [0.05, 0.1) is 22.4 Å². The molecule has 1 heterocycles. The topological polar surface area (TPSA) is 74.8 Å². The molecule has 1 saturated heterocycles. The highest BCUT2D eigenvalue weighted by atomic mass is 79.9. The molecular weight excluding hydrogens is 635 g/mol. The van der Waals surface area contributed by atoms with Crippen LogP contribution in [0.3, 0.4) is 0 Å². The van der Waals surface area contributed by atoms with Crippen molar-refractivity contribution in [2.45, 2.75) is 35.5 Å². The van der Waals surface area contributed by atoms with Crippen LogP contribution in [-0.2, 0) is 9.59 Å². The molecule has 7 atom stereocenters. The predicted molar refractivity (Wildman–Crippen MR) is 143 cm³/mol. The Bertz CT molecular complexity index is 1230. The Morgan fingerprint density at radius 2 is 1.58 bits per heavy atom. The lowest BCUT2D eigenvalue weighted by Crippen LogP contribution is -2.57. The number of halogens is 4. The summed E-state index contributed by atoms with van der Waals surface area (Å²) in [6.07, 6.45) is 0.940. The highest BCUT2D eigenvalue weighted by Gasteiger charge is 2.68. The summed E-state index contributed by atoms with van der Waals surface area (Å²) < 4.78 is 0. The molecule has 0 aromatic heterocycles. The first kappa shape index (κ1) is 25.9.